The summed E-state index contributed by atoms with van der Waals surface area (Å²) < 4.78 is 0. The summed E-state index contributed by atoms with van der Waals surface area (Å²) in [4.78, 5) is 15.2. The van der Waals surface area contributed by atoms with Crippen LogP contribution in [0.3, 0.4) is 0 Å². The second kappa shape index (κ2) is 5.00. The smallest absolute Gasteiger partial charge is 0.337 e. The summed E-state index contributed by atoms with van der Waals surface area (Å²) >= 11 is 0. The topological polar surface area (TPSA) is 50.2 Å². The average Bonchev–Trinajstić information content (AvgIpc) is 2.38. The van der Waals surface area contributed by atoms with Crippen LogP contribution in [0.1, 0.15) is 28.5 Å². The number of pyridine rings is 1. The summed E-state index contributed by atoms with van der Waals surface area (Å²) in [5, 5.41) is 9.18. The Kier molecular flexibility index (Phi) is 3.42. The molecule has 1 N–H and O–H groups in total. The fraction of sp³-hybridized carbons (Fsp3) is 0.200. The molecule has 18 heavy (non-hydrogen) atoms. The van der Waals surface area contributed by atoms with Crippen LogP contribution in [-0.4, -0.2) is 16.1 Å². The Morgan fingerprint density at radius 1 is 1.28 bits per heavy atom. The number of rotatable bonds is 3. The lowest BCUT2D eigenvalue weighted by atomic mass is 9.99. The van der Waals surface area contributed by atoms with Crippen molar-refractivity contribution in [1.82, 2.24) is 4.98 Å². The number of aromatic nitrogens is 1. The van der Waals surface area contributed by atoms with Gasteiger partial charge in [-0.15, -0.1) is 0 Å². The van der Waals surface area contributed by atoms with E-state index in [-0.39, 0.29) is 5.56 Å². The fourth-order valence-corrected chi connectivity index (χ4v) is 1.89. The predicted molar refractivity (Wildman–Crippen MR) is 70.7 cm³/mol. The van der Waals surface area contributed by atoms with Crippen LogP contribution < -0.4 is 0 Å². The van der Waals surface area contributed by atoms with Gasteiger partial charge in [0, 0.05) is 11.9 Å². The highest BCUT2D eigenvalue weighted by Gasteiger charge is 2.12. The number of carbonyl (C=O) groups is 1. The molecule has 2 aromatic rings. The van der Waals surface area contributed by atoms with E-state index in [9.17, 15) is 9.90 Å². The molecule has 0 atom stereocenters. The van der Waals surface area contributed by atoms with Gasteiger partial charge in [-0.3, -0.25) is 4.98 Å². The van der Waals surface area contributed by atoms with Crippen molar-refractivity contribution >= 4 is 5.97 Å². The summed E-state index contributed by atoms with van der Waals surface area (Å²) in [6, 6.07) is 9.78. The minimum Gasteiger partial charge on any atom is -0.478 e. The highest BCUT2D eigenvalue weighted by atomic mass is 16.4. The third-order valence-electron chi connectivity index (χ3n) is 2.94. The zero-order valence-corrected chi connectivity index (χ0v) is 10.5. The van der Waals surface area contributed by atoms with Crippen LogP contribution in [-0.2, 0) is 6.42 Å². The van der Waals surface area contributed by atoms with Crippen molar-refractivity contribution in [2.45, 2.75) is 20.3 Å². The molecule has 0 fully saturated rings. The molecule has 0 aliphatic heterocycles. The lowest BCUT2D eigenvalue weighted by molar-refractivity contribution is 0.0697. The Hall–Kier alpha value is -2.16. The van der Waals surface area contributed by atoms with E-state index in [1.807, 2.05) is 37.3 Å². The molecule has 1 aromatic carbocycles. The van der Waals surface area contributed by atoms with E-state index in [2.05, 4.69) is 11.9 Å². The second-order valence-corrected chi connectivity index (χ2v) is 4.23. The van der Waals surface area contributed by atoms with E-state index in [1.54, 1.807) is 0 Å². The van der Waals surface area contributed by atoms with Gasteiger partial charge in [0.1, 0.15) is 0 Å². The average molecular weight is 241 g/mol. The first-order chi connectivity index (χ1) is 8.61. The van der Waals surface area contributed by atoms with Gasteiger partial charge in [0.15, 0.2) is 0 Å². The highest BCUT2D eigenvalue weighted by Crippen LogP contribution is 2.24. The van der Waals surface area contributed by atoms with E-state index >= 15 is 0 Å². The molecule has 0 amide bonds. The van der Waals surface area contributed by atoms with Crippen molar-refractivity contribution in [3.63, 3.8) is 0 Å². The van der Waals surface area contributed by atoms with E-state index in [1.165, 1.54) is 11.8 Å². The minimum absolute atomic E-state index is 0.241. The minimum atomic E-state index is -0.947. The van der Waals surface area contributed by atoms with E-state index in [0.29, 0.717) is 0 Å². The first kappa shape index (κ1) is 12.3. The Bertz CT molecular complexity index is 574. The number of aromatic carboxylic acids is 1. The zero-order chi connectivity index (χ0) is 13.1. The van der Waals surface area contributed by atoms with Gasteiger partial charge in [-0.1, -0.05) is 31.2 Å². The number of hydrogen-bond acceptors (Lipinski definition) is 2. The molecule has 1 aromatic heterocycles. The van der Waals surface area contributed by atoms with Crippen molar-refractivity contribution in [2.24, 2.45) is 0 Å². The molecule has 0 aliphatic carbocycles. The molecule has 0 bridgehead atoms. The molecule has 2 rings (SSSR count). The van der Waals surface area contributed by atoms with Gasteiger partial charge < -0.3 is 5.11 Å². The summed E-state index contributed by atoms with van der Waals surface area (Å²) in [5.74, 6) is -0.947. The number of nitrogens with zero attached hydrogens (tertiary/aromatic N) is 1. The number of hydrogen-bond donors (Lipinski definition) is 1. The van der Waals surface area contributed by atoms with Crippen LogP contribution >= 0.6 is 0 Å². The summed E-state index contributed by atoms with van der Waals surface area (Å²) in [7, 11) is 0. The number of benzene rings is 1. The van der Waals surface area contributed by atoms with Gasteiger partial charge >= 0.3 is 5.97 Å². The number of carboxylic acids is 1. The SMILES string of the molecule is CCc1ccc(-c2cc(C)ncc2C(=O)O)cc1. The molecule has 0 unspecified atom stereocenters. The van der Waals surface area contributed by atoms with Crippen molar-refractivity contribution in [1.29, 1.82) is 0 Å². The van der Waals surface area contributed by atoms with Crippen LogP contribution in [0.25, 0.3) is 11.1 Å². The lowest BCUT2D eigenvalue weighted by Gasteiger charge is -2.07. The molecule has 3 heteroatoms. The molecule has 3 nitrogen and oxygen atoms in total. The quantitative estimate of drug-likeness (QED) is 0.896. The van der Waals surface area contributed by atoms with E-state index < -0.39 is 5.97 Å². The maximum atomic E-state index is 11.2. The van der Waals surface area contributed by atoms with Crippen LogP contribution in [0.4, 0.5) is 0 Å². The van der Waals surface area contributed by atoms with Gasteiger partial charge in [-0.2, -0.15) is 0 Å². The molecule has 0 radical (unpaired) electrons. The molecule has 0 aliphatic rings. The van der Waals surface area contributed by atoms with Crippen LogP contribution in [0.5, 0.6) is 0 Å². The Morgan fingerprint density at radius 3 is 2.50 bits per heavy atom. The monoisotopic (exact) mass is 241 g/mol. The third-order valence-corrected chi connectivity index (χ3v) is 2.94. The van der Waals surface area contributed by atoms with Crippen LogP contribution in [0.15, 0.2) is 36.5 Å². The molecule has 1 heterocycles. The van der Waals surface area contributed by atoms with Crippen LogP contribution in [0, 0.1) is 6.92 Å². The largest absolute Gasteiger partial charge is 0.478 e. The van der Waals surface area contributed by atoms with Crippen LogP contribution in [0.2, 0.25) is 0 Å². The lowest BCUT2D eigenvalue weighted by Crippen LogP contribution is -2.01. The number of aryl methyl sites for hydroxylation is 2. The van der Waals surface area contributed by atoms with Crippen molar-refractivity contribution < 1.29 is 9.90 Å². The second-order valence-electron chi connectivity index (χ2n) is 4.23. The van der Waals surface area contributed by atoms with Gasteiger partial charge in [-0.25, -0.2) is 4.79 Å². The van der Waals surface area contributed by atoms with Crippen molar-refractivity contribution in [2.75, 3.05) is 0 Å². The summed E-state index contributed by atoms with van der Waals surface area (Å²) in [6.45, 7) is 3.95. The van der Waals surface area contributed by atoms with Gasteiger partial charge in [0.25, 0.3) is 0 Å². The summed E-state index contributed by atoms with van der Waals surface area (Å²) in [6.07, 6.45) is 2.39. The highest BCUT2D eigenvalue weighted by molar-refractivity contribution is 5.95. The Balaban J connectivity index is 2.54. The van der Waals surface area contributed by atoms with Crippen molar-refractivity contribution in [3.05, 3.63) is 53.3 Å². The molecule has 0 spiro atoms. The van der Waals surface area contributed by atoms with Gasteiger partial charge in [0.05, 0.1) is 5.56 Å². The maximum absolute atomic E-state index is 11.2. The Morgan fingerprint density at radius 2 is 1.94 bits per heavy atom. The first-order valence-electron chi connectivity index (χ1n) is 5.91. The van der Waals surface area contributed by atoms with Gasteiger partial charge in [-0.05, 0) is 36.1 Å². The summed E-state index contributed by atoms with van der Waals surface area (Å²) in [5.41, 5.74) is 3.92. The fourth-order valence-electron chi connectivity index (χ4n) is 1.89. The van der Waals surface area contributed by atoms with Gasteiger partial charge in [0.2, 0.25) is 0 Å². The normalized spacial score (nSPS) is 10.3. The van der Waals surface area contributed by atoms with E-state index in [0.717, 1.165) is 23.2 Å². The predicted octanol–water partition coefficient (Wildman–Crippen LogP) is 3.32. The standard InChI is InChI=1S/C15H15NO2/c1-3-11-4-6-12(7-5-11)13-8-10(2)16-9-14(13)15(17)18/h4-9H,3H2,1-2H3,(H,17,18). The Labute approximate surface area is 106 Å². The number of carboxylic acid groups (broad SMARTS) is 1. The molecule has 92 valence electrons. The van der Waals surface area contributed by atoms with Crippen molar-refractivity contribution in [3.8, 4) is 11.1 Å². The molecule has 0 saturated carbocycles. The zero-order valence-electron chi connectivity index (χ0n) is 10.5. The van der Waals surface area contributed by atoms with E-state index in [4.69, 9.17) is 0 Å². The molecule has 0 saturated heterocycles. The maximum Gasteiger partial charge on any atom is 0.337 e. The molecular formula is C15H15NO2. The third kappa shape index (κ3) is 2.40. The first-order valence-corrected chi connectivity index (χ1v) is 5.91. The molecular weight excluding hydrogens is 226 g/mol.